The van der Waals surface area contributed by atoms with Crippen LogP contribution in [-0.2, 0) is 18.9 Å². The first-order chi connectivity index (χ1) is 17.1. The Morgan fingerprint density at radius 1 is 0.800 bits per heavy atom. The molecule has 8 nitrogen and oxygen atoms in total. The van der Waals surface area contributed by atoms with Crippen molar-refractivity contribution in [3.8, 4) is 34.0 Å². The van der Waals surface area contributed by atoms with Crippen molar-refractivity contribution in [3.05, 3.63) is 54.6 Å². The summed E-state index contributed by atoms with van der Waals surface area (Å²) in [5, 5.41) is 7.61. The quantitative estimate of drug-likeness (QED) is 0.347. The maximum absolute atomic E-state index is 5.84. The molecular formula is C27H32N2O6. The number of rotatable bonds is 14. The second-order valence-electron chi connectivity index (χ2n) is 9.04. The van der Waals surface area contributed by atoms with Crippen molar-refractivity contribution < 1.29 is 28.4 Å². The van der Waals surface area contributed by atoms with E-state index in [1.54, 1.807) is 0 Å². The highest BCUT2D eigenvalue weighted by atomic mass is 16.6. The Balaban J connectivity index is 1.10. The molecule has 2 aliphatic heterocycles. The Morgan fingerprint density at radius 3 is 1.77 bits per heavy atom. The maximum Gasteiger partial charge on any atom is 0.119 e. The third-order valence-electron chi connectivity index (χ3n) is 5.80. The highest BCUT2D eigenvalue weighted by molar-refractivity contribution is 5.68. The molecule has 35 heavy (non-hydrogen) atoms. The molecule has 3 aromatic rings. The van der Waals surface area contributed by atoms with Gasteiger partial charge >= 0.3 is 0 Å². The van der Waals surface area contributed by atoms with Gasteiger partial charge in [0.15, 0.2) is 0 Å². The van der Waals surface area contributed by atoms with Crippen LogP contribution >= 0.6 is 0 Å². The molecule has 4 unspecified atom stereocenters. The van der Waals surface area contributed by atoms with Crippen LogP contribution in [0.4, 0.5) is 0 Å². The zero-order valence-electron chi connectivity index (χ0n) is 20.1. The minimum absolute atomic E-state index is 0.0173. The first-order valence-corrected chi connectivity index (χ1v) is 12.1. The van der Waals surface area contributed by atoms with Crippen LogP contribution in [0, 0.1) is 0 Å². The molecule has 0 aliphatic carbocycles. The third-order valence-corrected chi connectivity index (χ3v) is 5.80. The molecule has 2 saturated heterocycles. The van der Waals surface area contributed by atoms with Crippen LogP contribution in [0.5, 0.6) is 11.5 Å². The van der Waals surface area contributed by atoms with E-state index in [1.165, 1.54) is 0 Å². The van der Waals surface area contributed by atoms with Gasteiger partial charge in [0.25, 0.3) is 0 Å². The molecular weight excluding hydrogens is 448 g/mol. The highest BCUT2D eigenvalue weighted by Crippen LogP contribution is 2.27. The van der Waals surface area contributed by atoms with Crippen molar-refractivity contribution in [2.75, 3.05) is 39.6 Å². The van der Waals surface area contributed by atoms with Gasteiger partial charge in [0.1, 0.15) is 36.9 Å². The lowest BCUT2D eigenvalue weighted by Crippen LogP contribution is -2.20. The summed E-state index contributed by atoms with van der Waals surface area (Å²) in [6, 6.07) is 17.9. The predicted molar refractivity (Wildman–Crippen MR) is 131 cm³/mol. The minimum Gasteiger partial charge on any atom is -0.491 e. The summed E-state index contributed by atoms with van der Waals surface area (Å²) in [6.45, 7) is 7.87. The van der Waals surface area contributed by atoms with Crippen LogP contribution in [0.2, 0.25) is 0 Å². The van der Waals surface area contributed by atoms with E-state index in [9.17, 15) is 0 Å². The SMILES string of the molecule is CC(COc1ccc(-c2cc(-c3ccc(OCC(C)OCC4CO4)cc3)[nH]n2)cc1)OCC1CO1. The lowest BCUT2D eigenvalue weighted by Gasteiger charge is -2.13. The maximum atomic E-state index is 5.84. The molecule has 2 fully saturated rings. The zero-order chi connectivity index (χ0) is 24.0. The molecule has 0 bridgehead atoms. The van der Waals surface area contributed by atoms with Gasteiger partial charge in [-0.25, -0.2) is 0 Å². The largest absolute Gasteiger partial charge is 0.491 e. The number of hydrogen-bond donors (Lipinski definition) is 1. The third kappa shape index (κ3) is 7.29. The van der Waals surface area contributed by atoms with E-state index >= 15 is 0 Å². The molecule has 3 heterocycles. The summed E-state index contributed by atoms with van der Waals surface area (Å²) in [5.74, 6) is 1.61. The first-order valence-electron chi connectivity index (χ1n) is 12.1. The van der Waals surface area contributed by atoms with E-state index in [0.717, 1.165) is 47.2 Å². The van der Waals surface area contributed by atoms with Gasteiger partial charge in [-0.15, -0.1) is 0 Å². The summed E-state index contributed by atoms with van der Waals surface area (Å²) >= 11 is 0. The molecule has 1 N–H and O–H groups in total. The first kappa shape index (κ1) is 23.8. The van der Waals surface area contributed by atoms with Crippen molar-refractivity contribution in [2.45, 2.75) is 38.3 Å². The lowest BCUT2D eigenvalue weighted by molar-refractivity contribution is 0.0241. The van der Waals surface area contributed by atoms with Gasteiger partial charge in [0, 0.05) is 5.56 Å². The Labute approximate surface area is 205 Å². The number of ether oxygens (including phenoxy) is 6. The number of aromatic nitrogens is 2. The summed E-state index contributed by atoms with van der Waals surface area (Å²) in [6.07, 6.45) is 0.570. The fourth-order valence-corrected chi connectivity index (χ4v) is 3.47. The summed E-state index contributed by atoms with van der Waals surface area (Å²) in [7, 11) is 0. The molecule has 0 saturated carbocycles. The monoisotopic (exact) mass is 480 g/mol. The van der Waals surface area contributed by atoms with E-state index in [4.69, 9.17) is 28.4 Å². The van der Waals surface area contributed by atoms with Crippen molar-refractivity contribution >= 4 is 0 Å². The molecule has 4 atom stereocenters. The Kier molecular flexibility index (Phi) is 7.63. The van der Waals surface area contributed by atoms with Crippen molar-refractivity contribution in [3.63, 3.8) is 0 Å². The molecule has 2 aliphatic rings. The molecule has 8 heteroatoms. The summed E-state index contributed by atoms with van der Waals surface area (Å²) in [4.78, 5) is 0. The van der Waals surface area contributed by atoms with E-state index in [2.05, 4.69) is 10.2 Å². The number of epoxide rings is 2. The van der Waals surface area contributed by atoms with Gasteiger partial charge in [-0.05, 0) is 74.0 Å². The molecule has 0 radical (unpaired) electrons. The van der Waals surface area contributed by atoms with Crippen molar-refractivity contribution in [1.29, 1.82) is 0 Å². The van der Waals surface area contributed by atoms with Gasteiger partial charge in [-0.2, -0.15) is 5.10 Å². The standard InChI is InChI=1S/C27H32N2O6/c1-18(30-14-24-16-34-24)12-32-22-7-3-20(4-8-22)26-11-27(29-28-26)21-5-9-23(10-6-21)33-13-19(2)31-15-25-17-35-25/h3-11,18-19,24-25H,12-17H2,1-2H3,(H,28,29). The Bertz CT molecular complexity index is 976. The highest BCUT2D eigenvalue weighted by Gasteiger charge is 2.24. The van der Waals surface area contributed by atoms with E-state index in [0.29, 0.717) is 26.4 Å². The zero-order valence-corrected chi connectivity index (χ0v) is 20.1. The van der Waals surface area contributed by atoms with Crippen LogP contribution in [0.1, 0.15) is 13.8 Å². The fourth-order valence-electron chi connectivity index (χ4n) is 3.47. The second-order valence-corrected chi connectivity index (χ2v) is 9.04. The number of benzene rings is 2. The number of aromatic amines is 1. The predicted octanol–water partition coefficient (Wildman–Crippen LogP) is 4.11. The second kappa shape index (κ2) is 11.2. The normalized spacial score (nSPS) is 20.3. The number of H-pyrrole nitrogens is 1. The number of hydrogen-bond acceptors (Lipinski definition) is 7. The molecule has 0 amide bonds. The van der Waals surface area contributed by atoms with Gasteiger partial charge in [0.2, 0.25) is 0 Å². The smallest absolute Gasteiger partial charge is 0.119 e. The minimum atomic E-state index is 0.0173. The average Bonchev–Trinajstić information content (AvgIpc) is 3.83. The lowest BCUT2D eigenvalue weighted by atomic mass is 10.1. The van der Waals surface area contributed by atoms with Crippen LogP contribution in [0.3, 0.4) is 0 Å². The van der Waals surface area contributed by atoms with E-state index in [1.807, 2.05) is 68.4 Å². The van der Waals surface area contributed by atoms with Gasteiger partial charge in [-0.1, -0.05) is 0 Å². The summed E-state index contributed by atoms with van der Waals surface area (Å²) < 4.78 is 33.4. The van der Waals surface area contributed by atoms with Crippen LogP contribution in [0.25, 0.3) is 22.5 Å². The topological polar surface area (TPSA) is 90.7 Å². The molecule has 0 spiro atoms. The molecule has 5 rings (SSSR count). The van der Waals surface area contributed by atoms with Gasteiger partial charge in [-0.3, -0.25) is 5.10 Å². The van der Waals surface area contributed by atoms with E-state index in [-0.39, 0.29) is 24.4 Å². The average molecular weight is 481 g/mol. The summed E-state index contributed by atoms with van der Waals surface area (Å²) in [5.41, 5.74) is 3.87. The molecule has 186 valence electrons. The van der Waals surface area contributed by atoms with E-state index < -0.39 is 0 Å². The van der Waals surface area contributed by atoms with Crippen LogP contribution in [0.15, 0.2) is 54.6 Å². The van der Waals surface area contributed by atoms with Crippen molar-refractivity contribution in [1.82, 2.24) is 10.2 Å². The van der Waals surface area contributed by atoms with Crippen molar-refractivity contribution in [2.24, 2.45) is 0 Å². The molecule has 2 aromatic carbocycles. The fraction of sp³-hybridized carbons (Fsp3) is 0.444. The van der Waals surface area contributed by atoms with Crippen LogP contribution < -0.4 is 9.47 Å². The number of nitrogens with zero attached hydrogens (tertiary/aromatic N) is 1. The number of nitrogens with one attached hydrogen (secondary N) is 1. The van der Waals surface area contributed by atoms with Crippen LogP contribution in [-0.4, -0.2) is 74.3 Å². The van der Waals surface area contributed by atoms with Gasteiger partial charge in [0.05, 0.1) is 50.0 Å². The molecule has 1 aromatic heterocycles. The van der Waals surface area contributed by atoms with Gasteiger partial charge < -0.3 is 28.4 Å². The Hall–Kier alpha value is -2.91. The Morgan fingerprint density at radius 2 is 1.29 bits per heavy atom.